The molecule has 1 aliphatic rings. The Bertz CT molecular complexity index is 666. The maximum Gasteiger partial charge on any atom is 0.329 e. The number of amides is 3. The minimum absolute atomic E-state index is 0.252. The van der Waals surface area contributed by atoms with Gasteiger partial charge in [-0.2, -0.15) is 0 Å². The van der Waals surface area contributed by atoms with Gasteiger partial charge in [-0.1, -0.05) is 36.4 Å². The first-order chi connectivity index (χ1) is 11.7. The fourth-order valence-electron chi connectivity index (χ4n) is 2.84. The topological polar surface area (TPSA) is 78.7 Å². The van der Waals surface area contributed by atoms with Crippen LogP contribution >= 0.6 is 0 Å². The van der Waals surface area contributed by atoms with Crippen LogP contribution < -0.4 is 16.0 Å². The van der Waals surface area contributed by atoms with Crippen LogP contribution in [-0.4, -0.2) is 42.5 Å². The molecule has 1 saturated heterocycles. The molecule has 0 radical (unpaired) electrons. The van der Waals surface area contributed by atoms with Crippen molar-refractivity contribution >= 4 is 23.3 Å². The zero-order valence-electron chi connectivity index (χ0n) is 13.3. The summed E-state index contributed by atoms with van der Waals surface area (Å²) in [5, 5.41) is 3.11. The van der Waals surface area contributed by atoms with Crippen molar-refractivity contribution < 1.29 is 9.59 Å². The van der Waals surface area contributed by atoms with Crippen molar-refractivity contribution in [2.45, 2.75) is 6.04 Å². The summed E-state index contributed by atoms with van der Waals surface area (Å²) in [5.74, 6) is -0.503. The van der Waals surface area contributed by atoms with E-state index in [0.29, 0.717) is 19.6 Å². The predicted molar refractivity (Wildman–Crippen MR) is 93.0 cm³/mol. The first-order valence-electron chi connectivity index (χ1n) is 7.89. The van der Waals surface area contributed by atoms with Gasteiger partial charge in [0.25, 0.3) is 0 Å². The van der Waals surface area contributed by atoms with Gasteiger partial charge in [0, 0.05) is 19.6 Å². The van der Waals surface area contributed by atoms with E-state index in [0.717, 1.165) is 11.4 Å². The number of para-hydroxylation sites is 2. The Morgan fingerprint density at radius 1 is 1.00 bits per heavy atom. The highest BCUT2D eigenvalue weighted by atomic mass is 16.2. The van der Waals surface area contributed by atoms with Crippen molar-refractivity contribution in [1.29, 1.82) is 0 Å². The molecule has 6 heteroatoms. The zero-order chi connectivity index (χ0) is 16.9. The summed E-state index contributed by atoms with van der Waals surface area (Å²) in [4.78, 5) is 28.1. The van der Waals surface area contributed by atoms with Gasteiger partial charge in [0.15, 0.2) is 0 Å². The number of carbonyl (C=O) groups excluding carboxylic acids is 2. The Morgan fingerprint density at radius 2 is 1.54 bits per heavy atom. The highest BCUT2D eigenvalue weighted by Crippen LogP contribution is 2.27. The van der Waals surface area contributed by atoms with E-state index in [1.54, 1.807) is 9.80 Å². The number of hydrogen-bond acceptors (Lipinski definition) is 3. The Balaban J connectivity index is 1.99. The normalized spacial score (nSPS) is 17.3. The van der Waals surface area contributed by atoms with Gasteiger partial charge in [-0.15, -0.1) is 0 Å². The van der Waals surface area contributed by atoms with E-state index in [2.05, 4.69) is 5.32 Å². The third-order valence-corrected chi connectivity index (χ3v) is 4.04. The molecule has 0 saturated carbocycles. The van der Waals surface area contributed by atoms with Gasteiger partial charge in [-0.3, -0.25) is 9.69 Å². The predicted octanol–water partition coefficient (Wildman–Crippen LogP) is 1.70. The molecule has 24 heavy (non-hydrogen) atoms. The smallest absolute Gasteiger partial charge is 0.329 e. The summed E-state index contributed by atoms with van der Waals surface area (Å²) in [6.45, 7) is 1.44. The highest BCUT2D eigenvalue weighted by Gasteiger charge is 2.34. The fraction of sp³-hybridized carbons (Fsp3) is 0.222. The molecular weight excluding hydrogens is 304 g/mol. The second-order valence-corrected chi connectivity index (χ2v) is 5.60. The van der Waals surface area contributed by atoms with Gasteiger partial charge in [0.1, 0.15) is 6.04 Å². The van der Waals surface area contributed by atoms with Crippen molar-refractivity contribution in [2.24, 2.45) is 5.73 Å². The lowest BCUT2D eigenvalue weighted by Gasteiger charge is -2.37. The van der Waals surface area contributed by atoms with E-state index in [1.807, 2.05) is 60.7 Å². The summed E-state index contributed by atoms with van der Waals surface area (Å²) in [6.07, 6.45) is 0. The van der Waals surface area contributed by atoms with Crippen LogP contribution in [0.2, 0.25) is 0 Å². The van der Waals surface area contributed by atoms with Crippen molar-refractivity contribution in [3.63, 3.8) is 0 Å². The van der Waals surface area contributed by atoms with Crippen molar-refractivity contribution in [3.05, 3.63) is 60.7 Å². The summed E-state index contributed by atoms with van der Waals surface area (Å²) in [6, 6.07) is 17.9. The van der Waals surface area contributed by atoms with Crippen LogP contribution in [-0.2, 0) is 4.79 Å². The van der Waals surface area contributed by atoms with Crippen LogP contribution in [0.1, 0.15) is 0 Å². The molecule has 1 aliphatic heterocycles. The number of carbonyl (C=O) groups is 2. The maximum atomic E-state index is 13.2. The van der Waals surface area contributed by atoms with E-state index in [1.165, 1.54) is 0 Å². The minimum atomic E-state index is -0.652. The van der Waals surface area contributed by atoms with E-state index in [4.69, 9.17) is 5.73 Å². The zero-order valence-corrected chi connectivity index (χ0v) is 13.3. The number of nitrogens with zero attached hydrogens (tertiary/aromatic N) is 2. The minimum Gasteiger partial charge on any atom is -0.368 e. The number of nitrogens with two attached hydrogens (primary N) is 1. The second-order valence-electron chi connectivity index (χ2n) is 5.60. The van der Waals surface area contributed by atoms with E-state index in [9.17, 15) is 9.59 Å². The van der Waals surface area contributed by atoms with Gasteiger partial charge in [0.2, 0.25) is 5.91 Å². The molecule has 0 aliphatic carbocycles. The molecule has 1 heterocycles. The Morgan fingerprint density at radius 3 is 2.04 bits per heavy atom. The number of rotatable bonds is 3. The molecule has 1 unspecified atom stereocenters. The standard InChI is InChI=1S/C18H20N4O2/c19-17(23)16-13-20-11-12-21(16)18(24)22(14-7-3-1-4-8-14)15-9-5-2-6-10-15/h1-10,16,20H,11-13H2,(H2,19,23). The maximum absolute atomic E-state index is 13.2. The van der Waals surface area contributed by atoms with Gasteiger partial charge >= 0.3 is 6.03 Å². The fourth-order valence-corrected chi connectivity index (χ4v) is 2.84. The molecular formula is C18H20N4O2. The van der Waals surface area contributed by atoms with E-state index >= 15 is 0 Å². The van der Waals surface area contributed by atoms with Crippen molar-refractivity contribution in [3.8, 4) is 0 Å². The molecule has 6 nitrogen and oxygen atoms in total. The molecule has 3 amide bonds. The summed E-state index contributed by atoms with van der Waals surface area (Å²) in [5.41, 5.74) is 6.97. The van der Waals surface area contributed by atoms with Gasteiger partial charge in [-0.25, -0.2) is 4.79 Å². The lowest BCUT2D eigenvalue weighted by molar-refractivity contribution is -0.122. The lowest BCUT2D eigenvalue weighted by Crippen LogP contribution is -2.60. The molecule has 3 rings (SSSR count). The van der Waals surface area contributed by atoms with Crippen LogP contribution in [0, 0.1) is 0 Å². The number of hydrogen-bond donors (Lipinski definition) is 2. The quantitative estimate of drug-likeness (QED) is 0.902. The molecule has 1 atom stereocenters. The lowest BCUT2D eigenvalue weighted by atomic mass is 10.1. The number of nitrogens with one attached hydrogen (secondary N) is 1. The molecule has 124 valence electrons. The molecule has 2 aromatic rings. The van der Waals surface area contributed by atoms with Crippen molar-refractivity contribution in [2.75, 3.05) is 24.5 Å². The number of piperazine rings is 1. The monoisotopic (exact) mass is 324 g/mol. The first kappa shape index (κ1) is 16.0. The van der Waals surface area contributed by atoms with Gasteiger partial charge in [0.05, 0.1) is 11.4 Å². The summed E-state index contributed by atoms with van der Waals surface area (Å²) in [7, 11) is 0. The Labute approximate surface area is 140 Å². The summed E-state index contributed by atoms with van der Waals surface area (Å²) >= 11 is 0. The molecule has 0 bridgehead atoms. The Hall–Kier alpha value is -2.86. The summed E-state index contributed by atoms with van der Waals surface area (Å²) < 4.78 is 0. The van der Waals surface area contributed by atoms with E-state index < -0.39 is 11.9 Å². The largest absolute Gasteiger partial charge is 0.368 e. The van der Waals surface area contributed by atoms with Gasteiger partial charge < -0.3 is 16.0 Å². The van der Waals surface area contributed by atoms with Crippen LogP contribution in [0.25, 0.3) is 0 Å². The second kappa shape index (κ2) is 7.14. The SMILES string of the molecule is NC(=O)C1CNCCN1C(=O)N(c1ccccc1)c1ccccc1. The third-order valence-electron chi connectivity index (χ3n) is 4.04. The van der Waals surface area contributed by atoms with Gasteiger partial charge in [-0.05, 0) is 24.3 Å². The molecule has 2 aromatic carbocycles. The average molecular weight is 324 g/mol. The first-order valence-corrected chi connectivity index (χ1v) is 7.89. The number of benzene rings is 2. The van der Waals surface area contributed by atoms with Crippen molar-refractivity contribution in [1.82, 2.24) is 10.2 Å². The van der Waals surface area contributed by atoms with Crippen LogP contribution in [0.3, 0.4) is 0 Å². The average Bonchev–Trinajstić information content (AvgIpc) is 2.63. The molecule has 3 N–H and O–H groups in total. The Kier molecular flexibility index (Phi) is 4.77. The number of urea groups is 1. The molecule has 1 fully saturated rings. The number of primary amides is 1. The van der Waals surface area contributed by atoms with Crippen LogP contribution in [0.5, 0.6) is 0 Å². The number of anilines is 2. The van der Waals surface area contributed by atoms with Crippen LogP contribution in [0.4, 0.5) is 16.2 Å². The molecule has 0 aromatic heterocycles. The van der Waals surface area contributed by atoms with E-state index in [-0.39, 0.29) is 6.03 Å². The highest BCUT2D eigenvalue weighted by molar-refractivity contribution is 6.01. The van der Waals surface area contributed by atoms with Crippen LogP contribution in [0.15, 0.2) is 60.7 Å². The third kappa shape index (κ3) is 3.23. The molecule has 0 spiro atoms.